The summed E-state index contributed by atoms with van der Waals surface area (Å²) in [5.41, 5.74) is 1.45. The van der Waals surface area contributed by atoms with Gasteiger partial charge in [0.1, 0.15) is 0 Å². The van der Waals surface area contributed by atoms with E-state index < -0.39 is 11.8 Å². The maximum absolute atomic E-state index is 13.5. The van der Waals surface area contributed by atoms with Crippen LogP contribution in [0.2, 0.25) is 0 Å². The number of rotatable bonds is 7. The molecule has 0 bridgehead atoms. The van der Waals surface area contributed by atoms with Crippen molar-refractivity contribution in [2.75, 3.05) is 12.4 Å². The zero-order valence-electron chi connectivity index (χ0n) is 12.6. The van der Waals surface area contributed by atoms with E-state index in [0.29, 0.717) is 10.9 Å². The van der Waals surface area contributed by atoms with Crippen molar-refractivity contribution in [3.05, 3.63) is 54.3 Å². The highest BCUT2D eigenvalue weighted by Crippen LogP contribution is 2.24. The van der Waals surface area contributed by atoms with Crippen molar-refractivity contribution in [2.24, 2.45) is 0 Å². The molecule has 0 N–H and O–H groups in total. The molecule has 0 aliphatic heterocycles. The zero-order valence-corrected chi connectivity index (χ0v) is 13.5. The van der Waals surface area contributed by atoms with Crippen LogP contribution in [0.5, 0.6) is 5.75 Å². The Labute approximate surface area is 142 Å². The lowest BCUT2D eigenvalue weighted by Crippen LogP contribution is -2.27. The van der Waals surface area contributed by atoms with Crippen LogP contribution in [-0.2, 0) is 11.3 Å². The summed E-state index contributed by atoms with van der Waals surface area (Å²) in [7, 11) is 0. The maximum Gasteiger partial charge on any atom is 0.169 e. The Morgan fingerprint density at radius 3 is 2.75 bits per heavy atom. The van der Waals surface area contributed by atoms with Gasteiger partial charge in [0.15, 0.2) is 16.7 Å². The number of imidazole rings is 1. The van der Waals surface area contributed by atoms with Crippen LogP contribution in [0.3, 0.4) is 0 Å². The second kappa shape index (κ2) is 7.35. The number of fused-ring (bicyclic) bond motifs is 1. The molecule has 0 aliphatic carbocycles. The molecule has 0 amide bonds. The minimum absolute atomic E-state index is 0.196. The highest BCUT2D eigenvalue weighted by atomic mass is 32.2. The number of carboxylic acids is 1. The predicted molar refractivity (Wildman–Crippen MR) is 87.4 cm³/mol. The van der Waals surface area contributed by atoms with E-state index in [9.17, 15) is 14.3 Å². The number of para-hydroxylation sites is 3. The van der Waals surface area contributed by atoms with Gasteiger partial charge in [0.2, 0.25) is 0 Å². The number of nitrogens with zero attached hydrogens (tertiary/aromatic N) is 2. The molecule has 0 fully saturated rings. The topological polar surface area (TPSA) is 67.2 Å². The smallest absolute Gasteiger partial charge is 0.169 e. The Kier molecular flexibility index (Phi) is 5.00. The lowest BCUT2D eigenvalue weighted by Gasteiger charge is -2.10. The molecule has 0 aliphatic rings. The lowest BCUT2D eigenvalue weighted by molar-refractivity contribution is -0.306. The number of aliphatic carboxylic acids is 1. The lowest BCUT2D eigenvalue weighted by atomic mass is 10.3. The number of hydrogen-bond acceptors (Lipinski definition) is 5. The summed E-state index contributed by atoms with van der Waals surface area (Å²) in [5, 5.41) is 11.5. The van der Waals surface area contributed by atoms with E-state index in [1.165, 1.54) is 17.8 Å². The third-order valence-electron chi connectivity index (χ3n) is 3.32. The van der Waals surface area contributed by atoms with E-state index >= 15 is 0 Å². The van der Waals surface area contributed by atoms with Gasteiger partial charge in [-0.25, -0.2) is 9.37 Å². The number of carbonyl (C=O) groups is 1. The zero-order chi connectivity index (χ0) is 16.9. The van der Waals surface area contributed by atoms with E-state index in [-0.39, 0.29) is 18.9 Å². The third-order valence-corrected chi connectivity index (χ3v) is 4.26. The number of halogens is 1. The molecule has 3 aromatic rings. The van der Waals surface area contributed by atoms with Crippen LogP contribution >= 0.6 is 11.8 Å². The molecule has 7 heteroatoms. The van der Waals surface area contributed by atoms with E-state index in [0.717, 1.165) is 11.0 Å². The molecule has 0 saturated heterocycles. The molecule has 3 rings (SSSR count). The third kappa shape index (κ3) is 3.68. The Morgan fingerprint density at radius 1 is 1.21 bits per heavy atom. The number of ether oxygens (including phenoxy) is 1. The van der Waals surface area contributed by atoms with Crippen LogP contribution in [0.4, 0.5) is 4.39 Å². The van der Waals surface area contributed by atoms with Crippen molar-refractivity contribution in [3.63, 3.8) is 0 Å². The van der Waals surface area contributed by atoms with Crippen molar-refractivity contribution in [1.82, 2.24) is 9.55 Å². The van der Waals surface area contributed by atoms with Gasteiger partial charge in [-0.05, 0) is 24.3 Å². The number of thioether (sulfide) groups is 1. The van der Waals surface area contributed by atoms with Gasteiger partial charge >= 0.3 is 0 Å². The van der Waals surface area contributed by atoms with E-state index in [2.05, 4.69) is 4.98 Å². The number of benzene rings is 2. The Balaban J connectivity index is 1.68. The van der Waals surface area contributed by atoms with Gasteiger partial charge in [-0.2, -0.15) is 0 Å². The monoisotopic (exact) mass is 345 g/mol. The molecule has 0 atom stereocenters. The fraction of sp³-hybridized carbons (Fsp3) is 0.176. The fourth-order valence-electron chi connectivity index (χ4n) is 2.29. The standard InChI is InChI=1S/C17H15FN2O3S/c18-12-5-1-4-8-15(12)23-9-10-24-17-19-13-6-2-3-7-14(13)20(17)11-16(21)22/h1-8H,9-11H2,(H,21,22)/p-1. The number of aromatic nitrogens is 2. The van der Waals surface area contributed by atoms with Crippen LogP contribution in [0.15, 0.2) is 53.7 Å². The molecule has 0 saturated carbocycles. The van der Waals surface area contributed by atoms with Crippen molar-refractivity contribution < 1.29 is 19.0 Å². The average molecular weight is 345 g/mol. The van der Waals surface area contributed by atoms with Crippen molar-refractivity contribution in [3.8, 4) is 5.75 Å². The van der Waals surface area contributed by atoms with Gasteiger partial charge in [0, 0.05) is 5.75 Å². The van der Waals surface area contributed by atoms with Crippen LogP contribution in [0, 0.1) is 5.82 Å². The maximum atomic E-state index is 13.5. The van der Waals surface area contributed by atoms with Gasteiger partial charge in [0.05, 0.1) is 30.2 Å². The van der Waals surface area contributed by atoms with Crippen LogP contribution in [0.25, 0.3) is 11.0 Å². The molecule has 124 valence electrons. The molecular formula is C17H14FN2O3S-. The highest BCUT2D eigenvalue weighted by Gasteiger charge is 2.11. The Bertz CT molecular complexity index is 866. The van der Waals surface area contributed by atoms with Gasteiger partial charge < -0.3 is 19.2 Å². The minimum Gasteiger partial charge on any atom is -0.548 e. The molecular weight excluding hydrogens is 331 g/mol. The normalized spacial score (nSPS) is 10.9. The summed E-state index contributed by atoms with van der Waals surface area (Å²) in [4.78, 5) is 15.4. The summed E-state index contributed by atoms with van der Waals surface area (Å²) < 4.78 is 20.5. The molecule has 1 aromatic heterocycles. The molecule has 5 nitrogen and oxygen atoms in total. The van der Waals surface area contributed by atoms with Gasteiger partial charge in [-0.1, -0.05) is 36.0 Å². The fourth-order valence-corrected chi connectivity index (χ4v) is 3.12. The van der Waals surface area contributed by atoms with Gasteiger partial charge in [-0.15, -0.1) is 0 Å². The number of carboxylic acid groups (broad SMARTS) is 1. The summed E-state index contributed by atoms with van der Waals surface area (Å²) >= 11 is 1.35. The first-order valence-corrected chi connectivity index (χ1v) is 8.29. The molecule has 0 spiro atoms. The van der Waals surface area contributed by atoms with E-state index in [4.69, 9.17) is 4.74 Å². The summed E-state index contributed by atoms with van der Waals surface area (Å²) in [6.45, 7) is 0.0111. The second-order valence-electron chi connectivity index (χ2n) is 4.97. The summed E-state index contributed by atoms with van der Waals surface area (Å²) in [6.07, 6.45) is 0. The van der Waals surface area contributed by atoms with Crippen molar-refractivity contribution in [1.29, 1.82) is 0 Å². The summed E-state index contributed by atoms with van der Waals surface area (Å²) in [6, 6.07) is 13.5. The van der Waals surface area contributed by atoms with Gasteiger partial charge in [-0.3, -0.25) is 0 Å². The Hall–Kier alpha value is -2.54. The number of carbonyl (C=O) groups excluding carboxylic acids is 1. The molecule has 24 heavy (non-hydrogen) atoms. The predicted octanol–water partition coefficient (Wildman–Crippen LogP) is 2.10. The Morgan fingerprint density at radius 2 is 1.96 bits per heavy atom. The van der Waals surface area contributed by atoms with Crippen molar-refractivity contribution >= 4 is 28.8 Å². The molecule has 2 aromatic carbocycles. The first-order chi connectivity index (χ1) is 11.6. The van der Waals surface area contributed by atoms with E-state index in [1.807, 2.05) is 24.3 Å². The highest BCUT2D eigenvalue weighted by molar-refractivity contribution is 7.99. The SMILES string of the molecule is O=C([O-])Cn1c(SCCOc2ccccc2F)nc2ccccc21. The average Bonchev–Trinajstić information content (AvgIpc) is 2.90. The van der Waals surface area contributed by atoms with Crippen LogP contribution in [0.1, 0.15) is 0 Å². The van der Waals surface area contributed by atoms with Crippen LogP contribution < -0.4 is 9.84 Å². The second-order valence-corrected chi connectivity index (χ2v) is 6.03. The molecule has 0 radical (unpaired) electrons. The summed E-state index contributed by atoms with van der Waals surface area (Å²) in [5.74, 6) is -0.888. The molecule has 1 heterocycles. The minimum atomic E-state index is -1.18. The van der Waals surface area contributed by atoms with Crippen molar-refractivity contribution in [2.45, 2.75) is 11.7 Å². The first kappa shape index (κ1) is 16.3. The quantitative estimate of drug-likeness (QED) is 0.485. The van der Waals surface area contributed by atoms with E-state index in [1.54, 1.807) is 22.8 Å². The molecule has 0 unspecified atom stereocenters. The largest absolute Gasteiger partial charge is 0.548 e. The van der Waals surface area contributed by atoms with Gasteiger partial charge in [0.25, 0.3) is 0 Å². The first-order valence-electron chi connectivity index (χ1n) is 7.30. The van der Waals surface area contributed by atoms with Crippen LogP contribution in [-0.4, -0.2) is 27.9 Å². The number of hydrogen-bond donors (Lipinski definition) is 0.